The van der Waals surface area contributed by atoms with Gasteiger partial charge in [0.15, 0.2) is 22.3 Å². The minimum absolute atomic E-state index is 0.00370. The highest BCUT2D eigenvalue weighted by molar-refractivity contribution is 7.92. The Hall–Kier alpha value is -3.14. The van der Waals surface area contributed by atoms with Gasteiger partial charge in [-0.2, -0.15) is 0 Å². The zero-order valence-corrected chi connectivity index (χ0v) is 16.1. The van der Waals surface area contributed by atoms with Gasteiger partial charge in [-0.1, -0.05) is 11.2 Å². The topological polar surface area (TPSA) is 119 Å². The first kappa shape index (κ1) is 18.6. The summed E-state index contributed by atoms with van der Waals surface area (Å²) in [5.74, 6) is 1.39. The molecule has 2 aromatic heterocycles. The second kappa shape index (κ2) is 7.23. The molecule has 9 nitrogen and oxygen atoms in total. The maximum Gasteiger partial charge on any atom is 0.268 e. The standard InChI is InChI=1S/C17H19N5O4S/c1-10-5-6-14(25-4)13(9-10)18-15-7-8-16(20-19-15)22-27(23,24)17-11(2)21-26-12(17)3/h5-9H,1-4H3,(H,18,19)(H,20,22). The summed E-state index contributed by atoms with van der Waals surface area (Å²) in [7, 11) is -2.29. The molecular formula is C17H19N5O4S. The summed E-state index contributed by atoms with van der Waals surface area (Å²) in [6, 6.07) is 8.81. The number of ether oxygens (including phenoxy) is 1. The molecule has 0 fully saturated rings. The number of aromatic nitrogens is 3. The molecule has 0 spiro atoms. The van der Waals surface area contributed by atoms with E-state index in [-0.39, 0.29) is 22.2 Å². The highest BCUT2D eigenvalue weighted by atomic mass is 32.2. The zero-order valence-electron chi connectivity index (χ0n) is 15.3. The zero-order chi connectivity index (χ0) is 19.6. The van der Waals surface area contributed by atoms with Crippen LogP contribution < -0.4 is 14.8 Å². The number of rotatable bonds is 6. The maximum atomic E-state index is 12.5. The van der Waals surface area contributed by atoms with E-state index in [1.807, 2.05) is 25.1 Å². The molecule has 0 aliphatic rings. The van der Waals surface area contributed by atoms with Gasteiger partial charge in [0.25, 0.3) is 10.0 Å². The summed E-state index contributed by atoms with van der Waals surface area (Å²) in [6.07, 6.45) is 0. The molecule has 142 valence electrons. The van der Waals surface area contributed by atoms with E-state index in [0.717, 1.165) is 11.3 Å². The molecule has 0 unspecified atom stereocenters. The number of aryl methyl sites for hydroxylation is 3. The van der Waals surface area contributed by atoms with Gasteiger partial charge in [0.05, 0.1) is 12.8 Å². The van der Waals surface area contributed by atoms with Crippen LogP contribution in [0.2, 0.25) is 0 Å². The minimum atomic E-state index is -3.87. The Kier molecular flexibility index (Phi) is 5.00. The van der Waals surface area contributed by atoms with Crippen molar-refractivity contribution < 1.29 is 17.7 Å². The minimum Gasteiger partial charge on any atom is -0.495 e. The maximum absolute atomic E-state index is 12.5. The van der Waals surface area contributed by atoms with Gasteiger partial charge in [-0.25, -0.2) is 8.42 Å². The van der Waals surface area contributed by atoms with Crippen molar-refractivity contribution in [2.75, 3.05) is 17.1 Å². The first-order valence-corrected chi connectivity index (χ1v) is 9.49. The molecule has 0 bridgehead atoms. The molecule has 0 aliphatic heterocycles. The molecule has 0 saturated heterocycles. The van der Waals surface area contributed by atoms with Crippen LogP contribution in [0.25, 0.3) is 0 Å². The van der Waals surface area contributed by atoms with Gasteiger partial charge < -0.3 is 14.6 Å². The van der Waals surface area contributed by atoms with Gasteiger partial charge in [0.1, 0.15) is 11.4 Å². The Morgan fingerprint density at radius 1 is 1.04 bits per heavy atom. The lowest BCUT2D eigenvalue weighted by molar-refractivity contribution is 0.390. The van der Waals surface area contributed by atoms with Gasteiger partial charge >= 0.3 is 0 Å². The fourth-order valence-electron chi connectivity index (χ4n) is 2.56. The number of benzene rings is 1. The summed E-state index contributed by atoms with van der Waals surface area (Å²) in [5.41, 5.74) is 2.06. The third-order valence-corrected chi connectivity index (χ3v) is 5.36. The fraction of sp³-hybridized carbons (Fsp3) is 0.235. The Morgan fingerprint density at radius 2 is 1.74 bits per heavy atom. The van der Waals surface area contributed by atoms with E-state index >= 15 is 0 Å². The van der Waals surface area contributed by atoms with E-state index in [1.54, 1.807) is 20.1 Å². The summed E-state index contributed by atoms with van der Waals surface area (Å²) in [4.78, 5) is -0.00370. The smallest absolute Gasteiger partial charge is 0.268 e. The van der Waals surface area contributed by atoms with E-state index < -0.39 is 10.0 Å². The van der Waals surface area contributed by atoms with E-state index in [1.165, 1.54) is 13.0 Å². The summed E-state index contributed by atoms with van der Waals surface area (Å²) in [5, 5.41) is 14.7. The Morgan fingerprint density at radius 3 is 2.33 bits per heavy atom. The first-order valence-electron chi connectivity index (χ1n) is 8.01. The number of nitrogens with zero attached hydrogens (tertiary/aromatic N) is 3. The third kappa shape index (κ3) is 4.00. The lowest BCUT2D eigenvalue weighted by atomic mass is 10.2. The summed E-state index contributed by atoms with van der Waals surface area (Å²) >= 11 is 0. The van der Waals surface area contributed by atoms with Crippen LogP contribution in [0, 0.1) is 20.8 Å². The molecule has 0 radical (unpaired) electrons. The van der Waals surface area contributed by atoms with E-state index in [4.69, 9.17) is 9.26 Å². The van der Waals surface area contributed by atoms with E-state index in [2.05, 4.69) is 25.4 Å². The van der Waals surface area contributed by atoms with Crippen LogP contribution in [0.5, 0.6) is 5.75 Å². The van der Waals surface area contributed by atoms with Crippen molar-refractivity contribution in [3.05, 3.63) is 47.3 Å². The molecule has 0 aliphatic carbocycles. The molecule has 2 heterocycles. The molecule has 27 heavy (non-hydrogen) atoms. The van der Waals surface area contributed by atoms with Gasteiger partial charge in [-0.15, -0.1) is 10.2 Å². The van der Waals surface area contributed by atoms with Crippen molar-refractivity contribution in [3.8, 4) is 5.75 Å². The second-order valence-corrected chi connectivity index (χ2v) is 7.51. The van der Waals surface area contributed by atoms with Crippen molar-refractivity contribution in [2.45, 2.75) is 25.7 Å². The predicted molar refractivity (Wildman–Crippen MR) is 99.8 cm³/mol. The van der Waals surface area contributed by atoms with Crippen LogP contribution in [0.15, 0.2) is 39.8 Å². The number of nitrogens with one attached hydrogen (secondary N) is 2. The monoisotopic (exact) mass is 389 g/mol. The molecule has 0 atom stereocenters. The highest BCUT2D eigenvalue weighted by Gasteiger charge is 2.24. The van der Waals surface area contributed by atoms with Crippen molar-refractivity contribution >= 4 is 27.3 Å². The Labute approximate surface area is 156 Å². The second-order valence-electron chi connectivity index (χ2n) is 5.89. The molecular weight excluding hydrogens is 370 g/mol. The number of hydrogen-bond donors (Lipinski definition) is 2. The van der Waals surface area contributed by atoms with Crippen LogP contribution in [0.3, 0.4) is 0 Å². The fourth-order valence-corrected chi connectivity index (χ4v) is 3.89. The molecule has 0 amide bonds. The van der Waals surface area contributed by atoms with E-state index in [0.29, 0.717) is 11.6 Å². The average Bonchev–Trinajstić information content (AvgIpc) is 2.96. The van der Waals surface area contributed by atoms with Crippen LogP contribution in [0.4, 0.5) is 17.3 Å². The Balaban J connectivity index is 1.79. The first-order chi connectivity index (χ1) is 12.8. The normalized spacial score (nSPS) is 11.3. The molecule has 10 heteroatoms. The molecule has 3 rings (SSSR count). The van der Waals surface area contributed by atoms with Gasteiger partial charge in [-0.3, -0.25) is 4.72 Å². The quantitative estimate of drug-likeness (QED) is 0.660. The lowest BCUT2D eigenvalue weighted by Crippen LogP contribution is -2.15. The van der Waals surface area contributed by atoms with Crippen molar-refractivity contribution in [1.29, 1.82) is 0 Å². The largest absolute Gasteiger partial charge is 0.495 e. The van der Waals surface area contributed by atoms with Crippen LogP contribution in [0.1, 0.15) is 17.0 Å². The van der Waals surface area contributed by atoms with Crippen molar-refractivity contribution in [2.24, 2.45) is 0 Å². The van der Waals surface area contributed by atoms with Gasteiger partial charge in [0.2, 0.25) is 0 Å². The van der Waals surface area contributed by atoms with Gasteiger partial charge in [0, 0.05) is 0 Å². The Bertz CT molecular complexity index is 1040. The van der Waals surface area contributed by atoms with Crippen LogP contribution in [-0.2, 0) is 10.0 Å². The molecule has 3 aromatic rings. The van der Waals surface area contributed by atoms with Crippen molar-refractivity contribution in [1.82, 2.24) is 15.4 Å². The number of hydrogen-bond acceptors (Lipinski definition) is 8. The average molecular weight is 389 g/mol. The SMILES string of the molecule is COc1ccc(C)cc1Nc1ccc(NS(=O)(=O)c2c(C)noc2C)nn1. The van der Waals surface area contributed by atoms with Crippen molar-refractivity contribution in [3.63, 3.8) is 0 Å². The lowest BCUT2D eigenvalue weighted by Gasteiger charge is -2.11. The highest BCUT2D eigenvalue weighted by Crippen LogP contribution is 2.28. The number of sulfonamides is 1. The third-order valence-electron chi connectivity index (χ3n) is 3.76. The molecule has 1 aromatic carbocycles. The molecule has 2 N–H and O–H groups in total. The van der Waals surface area contributed by atoms with E-state index in [9.17, 15) is 8.42 Å². The number of anilines is 3. The van der Waals surface area contributed by atoms with Crippen LogP contribution in [-0.4, -0.2) is 30.9 Å². The molecule has 0 saturated carbocycles. The number of methoxy groups -OCH3 is 1. The predicted octanol–water partition coefficient (Wildman–Crippen LogP) is 2.94. The summed E-state index contributed by atoms with van der Waals surface area (Å²) < 4.78 is 37.6. The summed E-state index contributed by atoms with van der Waals surface area (Å²) in [6.45, 7) is 5.05. The van der Waals surface area contributed by atoms with Gasteiger partial charge in [-0.05, 0) is 50.6 Å². The van der Waals surface area contributed by atoms with Crippen LogP contribution >= 0.6 is 0 Å².